The predicted molar refractivity (Wildman–Crippen MR) is 137 cm³/mol. The lowest BCUT2D eigenvalue weighted by Gasteiger charge is -2.04. The molecule has 0 heterocycles. The number of ketones is 2. The van der Waals surface area contributed by atoms with Gasteiger partial charge in [0.05, 0.1) is 0 Å². The molecule has 34 heavy (non-hydrogen) atoms. The first-order valence-electron chi connectivity index (χ1n) is 11.5. The van der Waals surface area contributed by atoms with E-state index in [1.807, 2.05) is 60.7 Å². The van der Waals surface area contributed by atoms with E-state index in [1.54, 1.807) is 0 Å². The molecule has 4 aromatic rings. The van der Waals surface area contributed by atoms with Crippen molar-refractivity contribution in [3.63, 3.8) is 0 Å². The molecule has 0 N–H and O–H groups in total. The summed E-state index contributed by atoms with van der Waals surface area (Å²) in [6.45, 7) is 0. The maximum Gasteiger partial charge on any atom is 0.189 e. The Morgan fingerprint density at radius 1 is 0.471 bits per heavy atom. The van der Waals surface area contributed by atoms with Gasteiger partial charge in [-0.3, -0.25) is 9.59 Å². The zero-order valence-electron chi connectivity index (χ0n) is 18.6. The first-order valence-corrected chi connectivity index (χ1v) is 11.5. The molecule has 0 saturated carbocycles. The third-order valence-corrected chi connectivity index (χ3v) is 6.71. The fourth-order valence-electron chi connectivity index (χ4n) is 4.89. The van der Waals surface area contributed by atoms with Gasteiger partial charge in [0.1, 0.15) is 0 Å². The van der Waals surface area contributed by atoms with Gasteiger partial charge in [-0.05, 0) is 45.5 Å². The van der Waals surface area contributed by atoms with Gasteiger partial charge in [-0.1, -0.05) is 97.1 Å². The quantitative estimate of drug-likeness (QED) is 0.323. The molecule has 2 nitrogen and oxygen atoms in total. The van der Waals surface area contributed by atoms with E-state index in [-0.39, 0.29) is 11.6 Å². The van der Waals surface area contributed by atoms with Crippen molar-refractivity contribution in [3.8, 4) is 11.1 Å². The number of benzene rings is 4. The number of carbonyl (C=O) groups is 2. The van der Waals surface area contributed by atoms with Gasteiger partial charge in [0.15, 0.2) is 11.6 Å². The van der Waals surface area contributed by atoms with Gasteiger partial charge >= 0.3 is 0 Å². The number of rotatable bonds is 3. The minimum absolute atomic E-state index is 0.133. The Labute approximate surface area is 198 Å². The van der Waals surface area contributed by atoms with E-state index >= 15 is 0 Å². The molecule has 4 aromatic carbocycles. The van der Waals surface area contributed by atoms with Crippen molar-refractivity contribution in [2.45, 2.75) is 12.8 Å². The largest absolute Gasteiger partial charge is 0.289 e. The van der Waals surface area contributed by atoms with Crippen LogP contribution in [-0.4, -0.2) is 11.6 Å². The number of hydrogen-bond donors (Lipinski definition) is 0. The lowest BCUT2D eigenvalue weighted by Crippen LogP contribution is -1.95. The van der Waals surface area contributed by atoms with Gasteiger partial charge in [0.2, 0.25) is 0 Å². The highest BCUT2D eigenvalue weighted by Crippen LogP contribution is 2.30. The standard InChI is InChI=1S/C32H22O2/c33-31-27(19-25-5-1-3-7-29(25)31)17-21-9-13-23(14-10-21)24-15-11-22(12-16-24)18-28-20-26-6-2-4-8-30(26)32(28)34/h1-18H,19-20H2/b27-17+,28-18+. The molecule has 0 radical (unpaired) electrons. The van der Waals surface area contributed by atoms with Crippen LogP contribution in [0.2, 0.25) is 0 Å². The molecular formula is C32H22O2. The van der Waals surface area contributed by atoms with E-state index in [2.05, 4.69) is 48.5 Å². The van der Waals surface area contributed by atoms with Crippen molar-refractivity contribution in [3.05, 3.63) is 142 Å². The SMILES string of the molecule is O=C1/C(=C/c2ccc(-c3ccc(/C=C4\Cc5ccccc5C4=O)cc3)cc2)Cc2ccccc21. The van der Waals surface area contributed by atoms with Gasteiger partial charge < -0.3 is 0 Å². The molecule has 162 valence electrons. The monoisotopic (exact) mass is 438 g/mol. The Kier molecular flexibility index (Phi) is 4.92. The molecular weight excluding hydrogens is 416 g/mol. The van der Waals surface area contributed by atoms with Gasteiger partial charge in [-0.2, -0.15) is 0 Å². The van der Waals surface area contributed by atoms with Crippen molar-refractivity contribution in [2.75, 3.05) is 0 Å². The summed E-state index contributed by atoms with van der Waals surface area (Å²) in [7, 11) is 0. The maximum atomic E-state index is 12.6. The third kappa shape index (κ3) is 3.64. The lowest BCUT2D eigenvalue weighted by atomic mass is 10.00. The van der Waals surface area contributed by atoms with Crippen LogP contribution in [0, 0.1) is 0 Å². The summed E-state index contributed by atoms with van der Waals surface area (Å²) in [5.41, 5.74) is 9.83. The minimum Gasteiger partial charge on any atom is -0.289 e. The minimum atomic E-state index is 0.133. The van der Waals surface area contributed by atoms with Crippen molar-refractivity contribution >= 4 is 23.7 Å². The molecule has 0 spiro atoms. The highest BCUT2D eigenvalue weighted by molar-refractivity contribution is 6.16. The lowest BCUT2D eigenvalue weighted by molar-refractivity contribution is 0.103. The zero-order valence-corrected chi connectivity index (χ0v) is 18.6. The summed E-state index contributed by atoms with van der Waals surface area (Å²) in [5.74, 6) is 0.265. The fraction of sp³-hybridized carbons (Fsp3) is 0.0625. The van der Waals surface area contributed by atoms with Gasteiger partial charge in [0.25, 0.3) is 0 Å². The normalized spacial score (nSPS) is 16.8. The number of carbonyl (C=O) groups excluding carboxylic acids is 2. The van der Waals surface area contributed by atoms with Crippen molar-refractivity contribution in [2.24, 2.45) is 0 Å². The van der Waals surface area contributed by atoms with Gasteiger partial charge in [0, 0.05) is 35.1 Å². The van der Waals surface area contributed by atoms with Crippen LogP contribution in [0.3, 0.4) is 0 Å². The van der Waals surface area contributed by atoms with E-state index in [1.165, 1.54) is 0 Å². The van der Waals surface area contributed by atoms with E-state index in [0.29, 0.717) is 12.8 Å². The number of hydrogen-bond acceptors (Lipinski definition) is 2. The first-order chi connectivity index (χ1) is 16.7. The van der Waals surface area contributed by atoms with E-state index in [4.69, 9.17) is 0 Å². The molecule has 0 bridgehead atoms. The second-order valence-electron chi connectivity index (χ2n) is 8.91. The van der Waals surface area contributed by atoms with Crippen LogP contribution in [0.15, 0.2) is 108 Å². The van der Waals surface area contributed by atoms with Crippen LogP contribution in [0.25, 0.3) is 23.3 Å². The average Bonchev–Trinajstić information content (AvgIpc) is 3.36. The summed E-state index contributed by atoms with van der Waals surface area (Å²) in [5, 5.41) is 0. The molecule has 0 unspecified atom stereocenters. The molecule has 0 aliphatic heterocycles. The molecule has 0 atom stereocenters. The highest BCUT2D eigenvalue weighted by Gasteiger charge is 2.24. The van der Waals surface area contributed by atoms with Crippen molar-refractivity contribution in [1.29, 1.82) is 0 Å². The van der Waals surface area contributed by atoms with Gasteiger partial charge in [-0.25, -0.2) is 0 Å². The Morgan fingerprint density at radius 3 is 1.24 bits per heavy atom. The van der Waals surface area contributed by atoms with E-state index in [0.717, 1.165) is 55.7 Å². The average molecular weight is 439 g/mol. The van der Waals surface area contributed by atoms with Crippen LogP contribution in [-0.2, 0) is 12.8 Å². The molecule has 0 fully saturated rings. The summed E-state index contributed by atoms with van der Waals surface area (Å²) in [6.07, 6.45) is 5.39. The molecule has 0 aromatic heterocycles. The molecule has 0 saturated heterocycles. The van der Waals surface area contributed by atoms with Crippen LogP contribution >= 0.6 is 0 Å². The van der Waals surface area contributed by atoms with Crippen molar-refractivity contribution < 1.29 is 9.59 Å². The second kappa shape index (κ2) is 8.24. The fourth-order valence-corrected chi connectivity index (χ4v) is 4.89. The van der Waals surface area contributed by atoms with E-state index < -0.39 is 0 Å². The Morgan fingerprint density at radius 2 is 0.853 bits per heavy atom. The predicted octanol–water partition coefficient (Wildman–Crippen LogP) is 7.00. The summed E-state index contributed by atoms with van der Waals surface area (Å²) in [4.78, 5) is 25.3. The summed E-state index contributed by atoms with van der Waals surface area (Å²) >= 11 is 0. The van der Waals surface area contributed by atoms with Crippen LogP contribution in [0.5, 0.6) is 0 Å². The topological polar surface area (TPSA) is 34.1 Å². The molecule has 0 amide bonds. The summed E-state index contributed by atoms with van der Waals surface area (Å²) in [6, 6.07) is 32.2. The van der Waals surface area contributed by atoms with Crippen LogP contribution in [0.1, 0.15) is 43.0 Å². The number of allylic oxidation sites excluding steroid dienone is 2. The molecule has 6 rings (SSSR count). The van der Waals surface area contributed by atoms with Crippen LogP contribution < -0.4 is 0 Å². The van der Waals surface area contributed by atoms with Crippen LogP contribution in [0.4, 0.5) is 0 Å². The molecule has 2 aliphatic rings. The van der Waals surface area contributed by atoms with E-state index in [9.17, 15) is 9.59 Å². The Bertz CT molecular complexity index is 1380. The number of Topliss-reactive ketones (excluding diaryl/α,β-unsaturated/α-hetero) is 2. The second-order valence-corrected chi connectivity index (χ2v) is 8.91. The Hall–Kier alpha value is -4.30. The summed E-state index contributed by atoms with van der Waals surface area (Å²) < 4.78 is 0. The third-order valence-electron chi connectivity index (χ3n) is 6.71. The Balaban J connectivity index is 1.19. The smallest absolute Gasteiger partial charge is 0.189 e. The molecule has 2 heteroatoms. The first kappa shape index (κ1) is 20.3. The van der Waals surface area contributed by atoms with Gasteiger partial charge in [-0.15, -0.1) is 0 Å². The maximum absolute atomic E-state index is 12.6. The number of fused-ring (bicyclic) bond motifs is 2. The van der Waals surface area contributed by atoms with Crippen molar-refractivity contribution in [1.82, 2.24) is 0 Å². The zero-order chi connectivity index (χ0) is 23.1. The highest BCUT2D eigenvalue weighted by atomic mass is 16.1. The molecule has 2 aliphatic carbocycles.